The van der Waals surface area contributed by atoms with E-state index in [9.17, 15) is 4.39 Å². The van der Waals surface area contributed by atoms with Crippen LogP contribution in [-0.4, -0.2) is 16.7 Å². The summed E-state index contributed by atoms with van der Waals surface area (Å²) in [5.41, 5.74) is 0.957. The summed E-state index contributed by atoms with van der Waals surface area (Å²) in [7, 11) is 0. The topological polar surface area (TPSA) is 12.4 Å². The van der Waals surface area contributed by atoms with Crippen molar-refractivity contribution in [1.82, 2.24) is 0 Å². The molecule has 5 heteroatoms. The Morgan fingerprint density at radius 3 is 3.07 bits per heavy atom. The Balaban J connectivity index is 1.98. The molecule has 1 heterocycles. The van der Waals surface area contributed by atoms with Gasteiger partial charge in [0.15, 0.2) is 0 Å². The Morgan fingerprint density at radius 2 is 2.40 bits per heavy atom. The number of thioether (sulfide) groups is 2. The van der Waals surface area contributed by atoms with Crippen LogP contribution in [0.2, 0.25) is 5.02 Å². The number of aliphatic imine (C=N–C) groups is 1. The van der Waals surface area contributed by atoms with Crippen LogP contribution in [-0.2, 0) is 5.75 Å². The lowest BCUT2D eigenvalue weighted by Gasteiger charge is -2.03. The van der Waals surface area contributed by atoms with Crippen LogP contribution in [0.5, 0.6) is 0 Å². The number of nitrogens with zero attached hydrogens (tertiary/aromatic N) is 1. The SMILES string of the molecule is Fc1ccc(CSC2=NCCS2)c(Cl)c1. The van der Waals surface area contributed by atoms with Gasteiger partial charge in [-0.2, -0.15) is 0 Å². The van der Waals surface area contributed by atoms with Crippen molar-refractivity contribution < 1.29 is 4.39 Å². The van der Waals surface area contributed by atoms with Crippen molar-refractivity contribution in [1.29, 1.82) is 0 Å². The third-order valence-corrected chi connectivity index (χ3v) is 4.58. The molecule has 1 aliphatic rings. The molecule has 0 spiro atoms. The quantitative estimate of drug-likeness (QED) is 0.803. The molecule has 15 heavy (non-hydrogen) atoms. The molecular weight excluding hydrogens is 253 g/mol. The lowest BCUT2D eigenvalue weighted by Crippen LogP contribution is -1.87. The van der Waals surface area contributed by atoms with E-state index >= 15 is 0 Å². The summed E-state index contributed by atoms with van der Waals surface area (Å²) < 4.78 is 13.9. The highest BCUT2D eigenvalue weighted by molar-refractivity contribution is 8.38. The summed E-state index contributed by atoms with van der Waals surface area (Å²) in [6.45, 7) is 0.907. The van der Waals surface area contributed by atoms with Crippen LogP contribution in [0.3, 0.4) is 0 Å². The van der Waals surface area contributed by atoms with Gasteiger partial charge in [0.1, 0.15) is 10.2 Å². The molecule has 0 saturated carbocycles. The largest absolute Gasteiger partial charge is 0.271 e. The Bertz CT molecular complexity index is 395. The molecule has 1 nitrogen and oxygen atoms in total. The number of halogens is 2. The van der Waals surface area contributed by atoms with Crippen LogP contribution in [0.25, 0.3) is 0 Å². The van der Waals surface area contributed by atoms with Crippen molar-refractivity contribution in [3.8, 4) is 0 Å². The second-order valence-corrected chi connectivity index (χ2v) is 5.73. The predicted octanol–water partition coefficient (Wildman–Crippen LogP) is 3.82. The van der Waals surface area contributed by atoms with E-state index in [4.69, 9.17) is 11.6 Å². The van der Waals surface area contributed by atoms with Gasteiger partial charge < -0.3 is 0 Å². The fourth-order valence-electron chi connectivity index (χ4n) is 1.18. The monoisotopic (exact) mass is 261 g/mol. The normalized spacial score (nSPS) is 15.5. The molecule has 0 fully saturated rings. The molecular formula is C10H9ClFNS2. The second-order valence-electron chi connectivity index (χ2n) is 3.02. The second kappa shape index (κ2) is 5.23. The minimum absolute atomic E-state index is 0.290. The fourth-order valence-corrected chi connectivity index (χ4v) is 3.51. The third kappa shape index (κ3) is 3.13. The van der Waals surface area contributed by atoms with Gasteiger partial charge in [-0.1, -0.05) is 41.2 Å². The van der Waals surface area contributed by atoms with Crippen molar-refractivity contribution in [2.24, 2.45) is 4.99 Å². The summed E-state index contributed by atoms with van der Waals surface area (Å²) >= 11 is 9.34. The van der Waals surface area contributed by atoms with E-state index in [0.717, 1.165) is 28.0 Å². The predicted molar refractivity (Wildman–Crippen MR) is 67.5 cm³/mol. The van der Waals surface area contributed by atoms with Crippen LogP contribution in [0, 0.1) is 5.82 Å². The van der Waals surface area contributed by atoms with Crippen LogP contribution >= 0.6 is 35.1 Å². The van der Waals surface area contributed by atoms with E-state index in [0.29, 0.717) is 5.02 Å². The molecule has 1 aromatic carbocycles. The van der Waals surface area contributed by atoms with Gasteiger partial charge >= 0.3 is 0 Å². The molecule has 0 radical (unpaired) electrons. The van der Waals surface area contributed by atoms with Crippen LogP contribution < -0.4 is 0 Å². The van der Waals surface area contributed by atoms with E-state index in [1.807, 2.05) is 0 Å². The Morgan fingerprint density at radius 1 is 1.53 bits per heavy atom. The lowest BCUT2D eigenvalue weighted by atomic mass is 10.2. The van der Waals surface area contributed by atoms with Crippen LogP contribution in [0.4, 0.5) is 4.39 Å². The average Bonchev–Trinajstić information content (AvgIpc) is 2.69. The van der Waals surface area contributed by atoms with E-state index in [2.05, 4.69) is 4.99 Å². The molecule has 0 aliphatic carbocycles. The highest BCUT2D eigenvalue weighted by Crippen LogP contribution is 2.28. The van der Waals surface area contributed by atoms with Gasteiger partial charge in [0.25, 0.3) is 0 Å². The van der Waals surface area contributed by atoms with Crippen molar-refractivity contribution in [2.45, 2.75) is 5.75 Å². The molecule has 0 bridgehead atoms. The highest BCUT2D eigenvalue weighted by Gasteiger charge is 2.09. The van der Waals surface area contributed by atoms with Crippen molar-refractivity contribution in [3.63, 3.8) is 0 Å². The number of rotatable bonds is 2. The minimum Gasteiger partial charge on any atom is -0.271 e. The molecule has 1 aliphatic heterocycles. The molecule has 0 amide bonds. The van der Waals surface area contributed by atoms with Crippen LogP contribution in [0.15, 0.2) is 23.2 Å². The summed E-state index contributed by atoms with van der Waals surface area (Å²) in [4.78, 5) is 4.32. The maximum Gasteiger partial charge on any atom is 0.124 e. The summed E-state index contributed by atoms with van der Waals surface area (Å²) in [5, 5.41) is 0.492. The lowest BCUT2D eigenvalue weighted by molar-refractivity contribution is 0.627. The van der Waals surface area contributed by atoms with Crippen molar-refractivity contribution in [2.75, 3.05) is 12.3 Å². The molecule has 0 aromatic heterocycles. The smallest absolute Gasteiger partial charge is 0.124 e. The first-order chi connectivity index (χ1) is 7.25. The molecule has 0 unspecified atom stereocenters. The van der Waals surface area contributed by atoms with Gasteiger partial charge in [-0.15, -0.1) is 0 Å². The third-order valence-electron chi connectivity index (χ3n) is 1.92. The van der Waals surface area contributed by atoms with Crippen molar-refractivity contribution >= 4 is 39.5 Å². The molecule has 0 saturated heterocycles. The van der Waals surface area contributed by atoms with Gasteiger partial charge in [-0.05, 0) is 17.7 Å². The van der Waals surface area contributed by atoms with E-state index in [1.54, 1.807) is 29.6 Å². The van der Waals surface area contributed by atoms with Gasteiger partial charge in [-0.3, -0.25) is 4.99 Å². The standard InChI is InChI=1S/C10H9ClFNS2/c11-9-5-8(12)2-1-7(9)6-15-10-13-3-4-14-10/h1-2,5H,3-4,6H2. The number of hydrogen-bond acceptors (Lipinski definition) is 3. The molecule has 80 valence electrons. The van der Waals surface area contributed by atoms with Crippen molar-refractivity contribution in [3.05, 3.63) is 34.6 Å². The Hall–Kier alpha value is -0.190. The van der Waals surface area contributed by atoms with E-state index < -0.39 is 0 Å². The first-order valence-corrected chi connectivity index (χ1v) is 6.84. The summed E-state index contributed by atoms with van der Waals surface area (Å²) in [5.74, 6) is 1.53. The fraction of sp³-hybridized carbons (Fsp3) is 0.300. The average molecular weight is 262 g/mol. The first-order valence-electron chi connectivity index (χ1n) is 4.49. The highest BCUT2D eigenvalue weighted by atomic mass is 35.5. The Kier molecular flexibility index (Phi) is 3.94. The maximum atomic E-state index is 12.8. The first kappa shape index (κ1) is 11.3. The number of benzene rings is 1. The van der Waals surface area contributed by atoms with Gasteiger partial charge in [0.05, 0.1) is 6.54 Å². The van der Waals surface area contributed by atoms with E-state index in [1.165, 1.54) is 12.1 Å². The number of hydrogen-bond donors (Lipinski definition) is 0. The zero-order valence-electron chi connectivity index (χ0n) is 7.87. The molecule has 2 rings (SSSR count). The zero-order valence-corrected chi connectivity index (χ0v) is 10.3. The molecule has 0 N–H and O–H groups in total. The van der Waals surface area contributed by atoms with Gasteiger partial charge in [0.2, 0.25) is 0 Å². The molecule has 0 atom stereocenters. The Labute approximate surface area is 101 Å². The molecule has 1 aromatic rings. The maximum absolute atomic E-state index is 12.8. The van der Waals surface area contributed by atoms with E-state index in [-0.39, 0.29) is 5.82 Å². The van der Waals surface area contributed by atoms with Crippen LogP contribution in [0.1, 0.15) is 5.56 Å². The van der Waals surface area contributed by atoms with Gasteiger partial charge in [0, 0.05) is 16.5 Å². The zero-order chi connectivity index (χ0) is 10.7. The summed E-state index contributed by atoms with van der Waals surface area (Å²) in [6, 6.07) is 4.51. The summed E-state index contributed by atoms with van der Waals surface area (Å²) in [6.07, 6.45) is 0. The van der Waals surface area contributed by atoms with Gasteiger partial charge in [-0.25, -0.2) is 4.39 Å². The minimum atomic E-state index is -0.290.